The fraction of sp³-hybridized carbons (Fsp3) is 0.583. The van der Waals surface area contributed by atoms with Gasteiger partial charge in [0.2, 0.25) is 5.76 Å². The summed E-state index contributed by atoms with van der Waals surface area (Å²) in [6, 6.07) is 3.46. The number of β-amino-alcohol motifs (C(OH)–C–C–N with tert-alkyl or cyclic N) is 1. The molecule has 1 aromatic heterocycles. The van der Waals surface area contributed by atoms with Gasteiger partial charge in [0.25, 0.3) is 0 Å². The summed E-state index contributed by atoms with van der Waals surface area (Å²) < 4.78 is 10.0. The van der Waals surface area contributed by atoms with Crippen molar-refractivity contribution in [2.75, 3.05) is 20.2 Å². The molecule has 1 aliphatic rings. The van der Waals surface area contributed by atoms with E-state index in [1.807, 2.05) is 6.92 Å². The number of hydrogen-bond acceptors (Lipinski definition) is 5. The average molecular weight is 239 g/mol. The molecule has 0 spiro atoms. The van der Waals surface area contributed by atoms with Crippen LogP contribution in [0.4, 0.5) is 0 Å². The molecule has 0 aromatic carbocycles. The zero-order valence-electron chi connectivity index (χ0n) is 10.0. The molecule has 2 rings (SSSR count). The number of rotatable bonds is 3. The third-order valence-corrected chi connectivity index (χ3v) is 3.17. The number of carbonyl (C=O) groups excluding carboxylic acids is 1. The highest BCUT2D eigenvalue weighted by molar-refractivity contribution is 5.86. The zero-order valence-corrected chi connectivity index (χ0v) is 10.0. The van der Waals surface area contributed by atoms with Crippen LogP contribution in [0, 0.1) is 0 Å². The van der Waals surface area contributed by atoms with Gasteiger partial charge in [-0.3, -0.25) is 4.90 Å². The summed E-state index contributed by atoms with van der Waals surface area (Å²) in [7, 11) is 1.32. The highest BCUT2D eigenvalue weighted by Gasteiger charge is 2.27. The van der Waals surface area contributed by atoms with E-state index in [1.165, 1.54) is 7.11 Å². The number of carbonyl (C=O) groups is 1. The SMILES string of the molecule is COC(=O)c1ccc(C(C)N2CCC(O)C2)o1. The molecule has 0 aliphatic carbocycles. The number of aliphatic hydroxyl groups excluding tert-OH is 1. The molecule has 2 heterocycles. The molecular weight excluding hydrogens is 222 g/mol. The maximum absolute atomic E-state index is 11.3. The lowest BCUT2D eigenvalue weighted by Gasteiger charge is -2.21. The van der Waals surface area contributed by atoms with Crippen LogP contribution in [-0.4, -0.2) is 42.3 Å². The van der Waals surface area contributed by atoms with Gasteiger partial charge in [-0.1, -0.05) is 0 Å². The molecule has 0 radical (unpaired) electrons. The topological polar surface area (TPSA) is 62.9 Å². The normalized spacial score (nSPS) is 22.6. The molecule has 1 aliphatic heterocycles. The third kappa shape index (κ3) is 2.50. The van der Waals surface area contributed by atoms with Gasteiger partial charge in [-0.15, -0.1) is 0 Å². The molecule has 94 valence electrons. The van der Waals surface area contributed by atoms with Crippen LogP contribution in [0.25, 0.3) is 0 Å². The van der Waals surface area contributed by atoms with Crippen LogP contribution in [0.15, 0.2) is 16.5 Å². The van der Waals surface area contributed by atoms with Gasteiger partial charge in [-0.2, -0.15) is 0 Å². The van der Waals surface area contributed by atoms with Gasteiger partial charge in [-0.05, 0) is 25.5 Å². The first kappa shape index (κ1) is 12.1. The number of aliphatic hydroxyl groups is 1. The fourth-order valence-corrected chi connectivity index (χ4v) is 2.09. The quantitative estimate of drug-likeness (QED) is 0.803. The van der Waals surface area contributed by atoms with Crippen molar-refractivity contribution in [3.8, 4) is 0 Å². The number of likely N-dealkylation sites (tertiary alicyclic amines) is 1. The zero-order chi connectivity index (χ0) is 12.4. The van der Waals surface area contributed by atoms with Gasteiger partial charge >= 0.3 is 5.97 Å². The van der Waals surface area contributed by atoms with Gasteiger partial charge in [0, 0.05) is 13.1 Å². The molecule has 0 saturated carbocycles. The van der Waals surface area contributed by atoms with E-state index >= 15 is 0 Å². The van der Waals surface area contributed by atoms with E-state index in [2.05, 4.69) is 9.64 Å². The smallest absolute Gasteiger partial charge is 0.373 e. The van der Waals surface area contributed by atoms with Crippen molar-refractivity contribution in [2.24, 2.45) is 0 Å². The Hall–Kier alpha value is -1.33. The minimum atomic E-state index is -0.468. The van der Waals surface area contributed by atoms with Gasteiger partial charge < -0.3 is 14.3 Å². The number of hydrogen-bond donors (Lipinski definition) is 1. The van der Waals surface area contributed by atoms with Crippen LogP contribution >= 0.6 is 0 Å². The second-order valence-electron chi connectivity index (χ2n) is 4.31. The van der Waals surface area contributed by atoms with E-state index in [0.29, 0.717) is 6.54 Å². The molecule has 5 nitrogen and oxygen atoms in total. The molecule has 1 N–H and O–H groups in total. The second kappa shape index (κ2) is 4.89. The van der Waals surface area contributed by atoms with Crippen LogP contribution in [0.5, 0.6) is 0 Å². The van der Waals surface area contributed by atoms with Crippen LogP contribution in [0.1, 0.15) is 35.7 Å². The minimum absolute atomic E-state index is 0.0607. The molecule has 5 heteroatoms. The Bertz CT molecular complexity index is 401. The van der Waals surface area contributed by atoms with Crippen molar-refractivity contribution < 1.29 is 19.1 Å². The summed E-state index contributed by atoms with van der Waals surface area (Å²) in [6.45, 7) is 3.49. The van der Waals surface area contributed by atoms with Crippen LogP contribution in [0.3, 0.4) is 0 Å². The molecule has 17 heavy (non-hydrogen) atoms. The van der Waals surface area contributed by atoms with Crippen molar-refractivity contribution >= 4 is 5.97 Å². The summed E-state index contributed by atoms with van der Waals surface area (Å²) in [4.78, 5) is 13.4. The standard InChI is InChI=1S/C12H17NO4/c1-8(13-6-5-9(14)7-13)10-3-4-11(17-10)12(15)16-2/h3-4,8-9,14H,5-7H2,1-2H3. The third-order valence-electron chi connectivity index (χ3n) is 3.17. The lowest BCUT2D eigenvalue weighted by Crippen LogP contribution is -2.25. The molecule has 2 unspecified atom stereocenters. The first-order chi connectivity index (χ1) is 8.11. The largest absolute Gasteiger partial charge is 0.463 e. The van der Waals surface area contributed by atoms with Crippen molar-refractivity contribution in [3.05, 3.63) is 23.7 Å². The Kier molecular flexibility index (Phi) is 3.49. The molecule has 0 bridgehead atoms. The van der Waals surface area contributed by atoms with Crippen LogP contribution in [-0.2, 0) is 4.74 Å². The predicted molar refractivity (Wildman–Crippen MR) is 60.7 cm³/mol. The highest BCUT2D eigenvalue weighted by atomic mass is 16.5. The Morgan fingerprint density at radius 3 is 3.00 bits per heavy atom. The van der Waals surface area contributed by atoms with E-state index in [4.69, 9.17) is 4.42 Å². The summed E-state index contributed by atoms with van der Waals surface area (Å²) in [6.07, 6.45) is 0.530. The van der Waals surface area contributed by atoms with Crippen molar-refractivity contribution in [3.63, 3.8) is 0 Å². The van der Waals surface area contributed by atoms with Gasteiger partial charge in [0.05, 0.1) is 19.3 Å². The monoisotopic (exact) mass is 239 g/mol. The van der Waals surface area contributed by atoms with Crippen LogP contribution < -0.4 is 0 Å². The fourth-order valence-electron chi connectivity index (χ4n) is 2.09. The number of ether oxygens (including phenoxy) is 1. The molecule has 1 aromatic rings. The van der Waals surface area contributed by atoms with Crippen LogP contribution in [0.2, 0.25) is 0 Å². The van der Waals surface area contributed by atoms with E-state index in [9.17, 15) is 9.90 Å². The molecule has 2 atom stereocenters. The Labute approximate surface area is 100.0 Å². The van der Waals surface area contributed by atoms with E-state index in [1.54, 1.807) is 12.1 Å². The predicted octanol–water partition coefficient (Wildman–Crippen LogP) is 1.19. The van der Waals surface area contributed by atoms with Crippen molar-refractivity contribution in [1.29, 1.82) is 0 Å². The van der Waals surface area contributed by atoms with E-state index in [0.717, 1.165) is 18.7 Å². The highest BCUT2D eigenvalue weighted by Crippen LogP contribution is 2.26. The summed E-state index contributed by atoms with van der Waals surface area (Å²) in [5.74, 6) is 0.471. The number of nitrogens with zero attached hydrogens (tertiary/aromatic N) is 1. The minimum Gasteiger partial charge on any atom is -0.463 e. The summed E-state index contributed by atoms with van der Waals surface area (Å²) in [5, 5.41) is 9.48. The van der Waals surface area contributed by atoms with Gasteiger partial charge in [0.1, 0.15) is 5.76 Å². The van der Waals surface area contributed by atoms with Crippen molar-refractivity contribution in [1.82, 2.24) is 4.90 Å². The first-order valence-electron chi connectivity index (χ1n) is 5.72. The number of furan rings is 1. The summed E-state index contributed by atoms with van der Waals surface area (Å²) in [5.41, 5.74) is 0. The number of methoxy groups -OCH3 is 1. The van der Waals surface area contributed by atoms with E-state index in [-0.39, 0.29) is 17.9 Å². The Morgan fingerprint density at radius 1 is 1.65 bits per heavy atom. The average Bonchev–Trinajstić information content (AvgIpc) is 2.95. The molecule has 0 amide bonds. The lowest BCUT2D eigenvalue weighted by molar-refractivity contribution is 0.0559. The van der Waals surface area contributed by atoms with E-state index < -0.39 is 5.97 Å². The Morgan fingerprint density at radius 2 is 2.41 bits per heavy atom. The molecule has 1 fully saturated rings. The lowest BCUT2D eigenvalue weighted by atomic mass is 10.2. The van der Waals surface area contributed by atoms with Crippen molar-refractivity contribution in [2.45, 2.75) is 25.5 Å². The first-order valence-corrected chi connectivity index (χ1v) is 5.72. The maximum Gasteiger partial charge on any atom is 0.373 e. The van der Waals surface area contributed by atoms with Gasteiger partial charge in [0.15, 0.2) is 0 Å². The molecule has 1 saturated heterocycles. The Balaban J connectivity index is 2.06. The summed E-state index contributed by atoms with van der Waals surface area (Å²) >= 11 is 0. The molecular formula is C12H17NO4. The van der Waals surface area contributed by atoms with Gasteiger partial charge in [-0.25, -0.2) is 4.79 Å². The number of esters is 1. The second-order valence-corrected chi connectivity index (χ2v) is 4.31. The maximum atomic E-state index is 11.3.